The van der Waals surface area contributed by atoms with Crippen molar-refractivity contribution in [1.29, 1.82) is 0 Å². The lowest BCUT2D eigenvalue weighted by Crippen LogP contribution is -2.54. The third kappa shape index (κ3) is 1.02. The number of rotatable bonds is 0. The van der Waals surface area contributed by atoms with Gasteiger partial charge >= 0.3 is 0 Å². The normalized spacial score (nSPS) is 52.7. The molecule has 0 aromatic carbocycles. The van der Waals surface area contributed by atoms with E-state index in [-0.39, 0.29) is 6.10 Å². The Labute approximate surface area is 99.6 Å². The molecule has 2 bridgehead atoms. The van der Waals surface area contributed by atoms with Crippen LogP contribution in [0.3, 0.4) is 0 Å². The first-order valence-electron chi connectivity index (χ1n) is 6.99. The van der Waals surface area contributed by atoms with Gasteiger partial charge in [-0.15, -0.1) is 0 Å². The molecule has 3 saturated carbocycles. The number of hydrogen-bond acceptors (Lipinski definition) is 1. The van der Waals surface area contributed by atoms with E-state index in [4.69, 9.17) is 0 Å². The number of hydrogen-bond donors (Lipinski definition) is 1. The van der Waals surface area contributed by atoms with Crippen molar-refractivity contribution in [1.82, 2.24) is 0 Å². The average molecular weight is 222 g/mol. The molecule has 1 nitrogen and oxygen atoms in total. The first-order chi connectivity index (χ1) is 7.31. The summed E-state index contributed by atoms with van der Waals surface area (Å²) in [5.41, 5.74) is 1.27. The quantitative estimate of drug-likeness (QED) is 0.664. The minimum atomic E-state index is -0.0340. The average Bonchev–Trinajstić information content (AvgIpc) is 2.67. The van der Waals surface area contributed by atoms with E-state index in [9.17, 15) is 5.11 Å². The van der Waals surface area contributed by atoms with Gasteiger partial charge in [0.25, 0.3) is 0 Å². The fourth-order valence-electron chi connectivity index (χ4n) is 5.78. The summed E-state index contributed by atoms with van der Waals surface area (Å²) in [6.45, 7) is 9.73. The fourth-order valence-corrected chi connectivity index (χ4v) is 5.78. The van der Waals surface area contributed by atoms with Crippen molar-refractivity contribution in [2.45, 2.75) is 65.9 Å². The van der Waals surface area contributed by atoms with Crippen LogP contribution in [0.2, 0.25) is 0 Å². The number of fused-ring (bicyclic) bond motifs is 1. The molecule has 0 aromatic heterocycles. The van der Waals surface area contributed by atoms with Crippen LogP contribution in [-0.2, 0) is 0 Å². The van der Waals surface area contributed by atoms with E-state index in [0.717, 1.165) is 12.3 Å². The van der Waals surface area contributed by atoms with Crippen molar-refractivity contribution in [2.75, 3.05) is 0 Å². The molecule has 0 aromatic rings. The van der Waals surface area contributed by atoms with Gasteiger partial charge in [0, 0.05) is 0 Å². The Morgan fingerprint density at radius 3 is 2.31 bits per heavy atom. The lowest BCUT2D eigenvalue weighted by molar-refractivity contribution is -0.133. The maximum atomic E-state index is 10.5. The summed E-state index contributed by atoms with van der Waals surface area (Å²) in [4.78, 5) is 0. The van der Waals surface area contributed by atoms with E-state index in [0.29, 0.717) is 22.2 Å². The highest BCUT2D eigenvalue weighted by molar-refractivity contribution is 5.18. The van der Waals surface area contributed by atoms with E-state index >= 15 is 0 Å². The zero-order chi connectivity index (χ0) is 11.8. The molecule has 0 radical (unpaired) electrons. The van der Waals surface area contributed by atoms with Gasteiger partial charge in [0.15, 0.2) is 0 Å². The van der Waals surface area contributed by atoms with Gasteiger partial charge in [-0.25, -0.2) is 0 Å². The second kappa shape index (κ2) is 2.85. The molecule has 3 fully saturated rings. The molecule has 0 heterocycles. The van der Waals surface area contributed by atoms with Gasteiger partial charge in [0.2, 0.25) is 0 Å². The van der Waals surface area contributed by atoms with E-state index in [1.54, 1.807) is 0 Å². The molecule has 92 valence electrons. The Morgan fingerprint density at radius 1 is 1.00 bits per heavy atom. The second-order valence-corrected chi connectivity index (χ2v) is 7.88. The Balaban J connectivity index is 2.10. The molecule has 3 rings (SSSR count). The zero-order valence-electron chi connectivity index (χ0n) is 11.2. The second-order valence-electron chi connectivity index (χ2n) is 7.88. The monoisotopic (exact) mass is 222 g/mol. The molecule has 3 aliphatic rings. The van der Waals surface area contributed by atoms with Gasteiger partial charge in [-0.3, -0.25) is 0 Å². The van der Waals surface area contributed by atoms with Gasteiger partial charge in [0.1, 0.15) is 0 Å². The van der Waals surface area contributed by atoms with Gasteiger partial charge in [-0.2, -0.15) is 0 Å². The summed E-state index contributed by atoms with van der Waals surface area (Å²) in [5.74, 6) is 1.42. The highest BCUT2D eigenvalue weighted by Crippen LogP contribution is 2.75. The first kappa shape index (κ1) is 11.1. The molecular weight excluding hydrogens is 196 g/mol. The molecule has 16 heavy (non-hydrogen) atoms. The Morgan fingerprint density at radius 2 is 1.69 bits per heavy atom. The molecule has 1 spiro atoms. The van der Waals surface area contributed by atoms with Crippen LogP contribution in [0.4, 0.5) is 0 Å². The summed E-state index contributed by atoms with van der Waals surface area (Å²) in [6, 6.07) is 0. The summed E-state index contributed by atoms with van der Waals surface area (Å²) in [5, 5.41) is 10.5. The highest BCUT2D eigenvalue weighted by Gasteiger charge is 2.69. The Hall–Kier alpha value is -0.0400. The summed E-state index contributed by atoms with van der Waals surface area (Å²) in [6.07, 6.45) is 6.36. The van der Waals surface area contributed by atoms with Crippen LogP contribution >= 0.6 is 0 Å². The molecule has 0 amide bonds. The van der Waals surface area contributed by atoms with Crippen molar-refractivity contribution < 1.29 is 5.11 Å². The van der Waals surface area contributed by atoms with Gasteiger partial charge in [0.05, 0.1) is 6.10 Å². The van der Waals surface area contributed by atoms with E-state index in [1.165, 1.54) is 25.7 Å². The van der Waals surface area contributed by atoms with Gasteiger partial charge < -0.3 is 5.11 Å². The summed E-state index contributed by atoms with van der Waals surface area (Å²) in [7, 11) is 0. The molecule has 1 N–H and O–H groups in total. The maximum absolute atomic E-state index is 10.5. The third-order valence-corrected chi connectivity index (χ3v) is 6.80. The summed E-state index contributed by atoms with van der Waals surface area (Å²) >= 11 is 0. The zero-order valence-corrected chi connectivity index (χ0v) is 11.2. The molecule has 0 unspecified atom stereocenters. The summed E-state index contributed by atoms with van der Waals surface area (Å²) < 4.78 is 0. The predicted octanol–water partition coefficient (Wildman–Crippen LogP) is 3.61. The van der Waals surface area contributed by atoms with Crippen LogP contribution in [0.25, 0.3) is 0 Å². The maximum Gasteiger partial charge on any atom is 0.0579 e. The highest BCUT2D eigenvalue weighted by atomic mass is 16.3. The lowest BCUT2D eigenvalue weighted by atomic mass is 9.48. The number of aliphatic hydroxyl groups excluding tert-OH is 1. The van der Waals surface area contributed by atoms with Crippen LogP contribution < -0.4 is 0 Å². The van der Waals surface area contributed by atoms with Crippen molar-refractivity contribution >= 4 is 0 Å². The van der Waals surface area contributed by atoms with Gasteiger partial charge in [-0.05, 0) is 60.2 Å². The van der Waals surface area contributed by atoms with Crippen LogP contribution in [0.15, 0.2) is 0 Å². The van der Waals surface area contributed by atoms with Crippen molar-refractivity contribution in [3.63, 3.8) is 0 Å². The molecule has 1 heteroatoms. The Bertz CT molecular complexity index is 315. The molecule has 4 atom stereocenters. The van der Waals surface area contributed by atoms with Crippen molar-refractivity contribution in [2.24, 2.45) is 28.1 Å². The lowest BCUT2D eigenvalue weighted by Gasteiger charge is -2.57. The molecule has 3 aliphatic carbocycles. The minimum absolute atomic E-state index is 0.0340. The topological polar surface area (TPSA) is 20.2 Å². The largest absolute Gasteiger partial charge is 0.393 e. The standard InChI is InChI=1S/C15H26O/c1-13(2)7-6-11(16)12-14(3,4)10-5-8-15(12,13)9-10/h10-12,16H,5-9H2,1-4H3/t10-,11+,12-,15-/m0/s1. The fraction of sp³-hybridized carbons (Fsp3) is 1.00. The third-order valence-electron chi connectivity index (χ3n) is 6.80. The Kier molecular flexibility index (Phi) is 1.98. The van der Waals surface area contributed by atoms with Gasteiger partial charge in [-0.1, -0.05) is 27.7 Å². The van der Waals surface area contributed by atoms with Crippen LogP contribution in [0, 0.1) is 28.1 Å². The van der Waals surface area contributed by atoms with Crippen LogP contribution in [0.5, 0.6) is 0 Å². The minimum Gasteiger partial charge on any atom is -0.393 e. The predicted molar refractivity (Wildman–Crippen MR) is 66.1 cm³/mol. The first-order valence-corrected chi connectivity index (χ1v) is 6.99. The SMILES string of the molecule is CC1(C)[C@H]2CC[C@]3(C2)[C@H]1[C@H](O)CCC3(C)C. The van der Waals surface area contributed by atoms with E-state index in [2.05, 4.69) is 27.7 Å². The van der Waals surface area contributed by atoms with E-state index in [1.807, 2.05) is 0 Å². The smallest absolute Gasteiger partial charge is 0.0579 e. The molecule has 0 aliphatic heterocycles. The molecular formula is C15H26O. The number of aliphatic hydroxyl groups is 1. The van der Waals surface area contributed by atoms with Crippen LogP contribution in [-0.4, -0.2) is 11.2 Å². The van der Waals surface area contributed by atoms with Crippen LogP contribution in [0.1, 0.15) is 59.8 Å². The van der Waals surface area contributed by atoms with Crippen molar-refractivity contribution in [3.05, 3.63) is 0 Å². The van der Waals surface area contributed by atoms with E-state index < -0.39 is 0 Å². The molecule has 0 saturated heterocycles. The van der Waals surface area contributed by atoms with Crippen molar-refractivity contribution in [3.8, 4) is 0 Å².